The molecule has 0 aliphatic carbocycles. The lowest BCUT2D eigenvalue weighted by Crippen LogP contribution is -2.05. The lowest BCUT2D eigenvalue weighted by Gasteiger charge is -2.10. The molecule has 0 aliphatic rings. The largest absolute Gasteiger partial charge is 0.416 e. The van der Waals surface area contributed by atoms with Crippen LogP contribution in [-0.4, -0.2) is 4.98 Å². The highest BCUT2D eigenvalue weighted by Gasteiger charge is 2.31. The number of benzene rings is 1. The van der Waals surface area contributed by atoms with Crippen LogP contribution in [0.1, 0.15) is 5.56 Å². The van der Waals surface area contributed by atoms with Crippen LogP contribution in [0.2, 0.25) is 15.2 Å². The Morgan fingerprint density at radius 2 is 1.63 bits per heavy atom. The number of alkyl halides is 3. The topological polar surface area (TPSA) is 12.9 Å². The molecule has 2 aromatic rings. The zero-order valence-electron chi connectivity index (χ0n) is 9.10. The molecule has 0 N–H and O–H groups in total. The van der Waals surface area contributed by atoms with Gasteiger partial charge in [-0.25, -0.2) is 4.98 Å². The molecular weight excluding hydrogens is 321 g/mol. The maximum atomic E-state index is 12.7. The van der Waals surface area contributed by atoms with Crippen molar-refractivity contribution in [2.75, 3.05) is 0 Å². The zero-order chi connectivity index (χ0) is 14.2. The van der Waals surface area contributed by atoms with E-state index >= 15 is 0 Å². The van der Waals surface area contributed by atoms with E-state index in [1.165, 1.54) is 18.2 Å². The monoisotopic (exact) mass is 325 g/mol. The summed E-state index contributed by atoms with van der Waals surface area (Å²) in [6.07, 6.45) is -4.51. The summed E-state index contributed by atoms with van der Waals surface area (Å²) < 4.78 is 38.1. The highest BCUT2D eigenvalue weighted by Crippen LogP contribution is 2.35. The fourth-order valence-corrected chi connectivity index (χ4v) is 2.09. The molecule has 1 aromatic heterocycles. The Morgan fingerprint density at radius 3 is 2.26 bits per heavy atom. The lowest BCUT2D eigenvalue weighted by molar-refractivity contribution is -0.137. The lowest BCUT2D eigenvalue weighted by atomic mass is 10.1. The Hall–Kier alpha value is -0.970. The first-order valence-electron chi connectivity index (χ1n) is 4.97. The summed E-state index contributed by atoms with van der Waals surface area (Å²) in [6.45, 7) is 0. The molecule has 0 saturated carbocycles. The maximum absolute atomic E-state index is 12.7. The van der Waals surface area contributed by atoms with E-state index in [2.05, 4.69) is 4.98 Å². The molecule has 1 aromatic carbocycles. The van der Waals surface area contributed by atoms with Gasteiger partial charge in [-0.05, 0) is 30.3 Å². The predicted octanol–water partition coefficient (Wildman–Crippen LogP) is 5.73. The van der Waals surface area contributed by atoms with Crippen LogP contribution in [0.4, 0.5) is 13.2 Å². The second-order valence-electron chi connectivity index (χ2n) is 3.69. The van der Waals surface area contributed by atoms with Crippen molar-refractivity contribution in [3.63, 3.8) is 0 Å². The molecule has 0 fully saturated rings. The summed E-state index contributed by atoms with van der Waals surface area (Å²) >= 11 is 17.3. The van der Waals surface area contributed by atoms with E-state index in [0.29, 0.717) is 10.6 Å². The van der Waals surface area contributed by atoms with Crippen molar-refractivity contribution in [1.82, 2.24) is 4.98 Å². The van der Waals surface area contributed by atoms with Crippen molar-refractivity contribution in [2.45, 2.75) is 6.18 Å². The number of rotatable bonds is 1. The molecule has 7 heteroatoms. The van der Waals surface area contributed by atoms with Gasteiger partial charge >= 0.3 is 6.18 Å². The van der Waals surface area contributed by atoms with Gasteiger partial charge in [0.1, 0.15) is 5.15 Å². The Bertz CT molecular complexity index is 626. The van der Waals surface area contributed by atoms with Gasteiger partial charge in [-0.3, -0.25) is 0 Å². The summed E-state index contributed by atoms with van der Waals surface area (Å²) in [5, 5.41) is 0.322. The molecule has 0 bridgehead atoms. The molecule has 0 saturated heterocycles. The van der Waals surface area contributed by atoms with Gasteiger partial charge in [0.2, 0.25) is 0 Å². The first kappa shape index (κ1) is 14.4. The number of pyridine rings is 1. The number of nitrogens with zero attached hydrogens (tertiary/aromatic N) is 1. The third-order valence-corrected chi connectivity index (χ3v) is 3.08. The SMILES string of the molecule is FC(F)(F)c1cc(Cl)nc(-c2cc(Cl)ccc2Cl)c1. The van der Waals surface area contributed by atoms with E-state index < -0.39 is 11.7 Å². The second kappa shape index (κ2) is 5.19. The minimum absolute atomic E-state index is 0.0207. The molecule has 1 nitrogen and oxygen atoms in total. The van der Waals surface area contributed by atoms with Crippen molar-refractivity contribution in [2.24, 2.45) is 0 Å². The number of hydrogen-bond acceptors (Lipinski definition) is 1. The van der Waals surface area contributed by atoms with Crippen LogP contribution >= 0.6 is 34.8 Å². The zero-order valence-corrected chi connectivity index (χ0v) is 11.4. The fraction of sp³-hybridized carbons (Fsp3) is 0.0833. The second-order valence-corrected chi connectivity index (χ2v) is 4.92. The minimum atomic E-state index is -4.51. The summed E-state index contributed by atoms with van der Waals surface area (Å²) in [4.78, 5) is 3.84. The van der Waals surface area contributed by atoms with E-state index in [9.17, 15) is 13.2 Å². The van der Waals surface area contributed by atoms with Crippen LogP contribution < -0.4 is 0 Å². The summed E-state index contributed by atoms with van der Waals surface area (Å²) in [5.41, 5.74) is -0.576. The van der Waals surface area contributed by atoms with Crippen LogP contribution in [0.25, 0.3) is 11.3 Å². The van der Waals surface area contributed by atoms with Crippen LogP contribution in [-0.2, 0) is 6.18 Å². The quantitative estimate of drug-likeness (QED) is 0.610. The highest BCUT2D eigenvalue weighted by atomic mass is 35.5. The van der Waals surface area contributed by atoms with E-state index in [1.54, 1.807) is 0 Å². The molecule has 0 radical (unpaired) electrons. The fourth-order valence-electron chi connectivity index (χ4n) is 1.49. The number of hydrogen-bond donors (Lipinski definition) is 0. The van der Waals surface area contributed by atoms with Gasteiger partial charge < -0.3 is 0 Å². The third kappa shape index (κ3) is 3.32. The molecular formula is C12H5Cl3F3N. The first-order chi connectivity index (χ1) is 8.77. The normalized spacial score (nSPS) is 11.7. The van der Waals surface area contributed by atoms with Gasteiger partial charge in [0.15, 0.2) is 0 Å². The van der Waals surface area contributed by atoms with Crippen molar-refractivity contribution in [3.8, 4) is 11.3 Å². The van der Waals surface area contributed by atoms with Gasteiger partial charge in [0, 0.05) is 10.6 Å². The summed E-state index contributed by atoms with van der Waals surface area (Å²) in [5.74, 6) is 0. The Balaban J connectivity index is 2.63. The number of aromatic nitrogens is 1. The number of halogens is 6. The third-order valence-electron chi connectivity index (χ3n) is 2.33. The highest BCUT2D eigenvalue weighted by molar-refractivity contribution is 6.35. The molecule has 0 atom stereocenters. The summed E-state index contributed by atoms with van der Waals surface area (Å²) in [6, 6.07) is 6.08. The molecule has 19 heavy (non-hydrogen) atoms. The van der Waals surface area contributed by atoms with E-state index in [4.69, 9.17) is 34.8 Å². The van der Waals surface area contributed by atoms with Gasteiger partial charge in [-0.1, -0.05) is 34.8 Å². The average Bonchev–Trinajstić information content (AvgIpc) is 2.30. The van der Waals surface area contributed by atoms with Crippen molar-refractivity contribution < 1.29 is 13.2 Å². The van der Waals surface area contributed by atoms with Crippen molar-refractivity contribution >= 4 is 34.8 Å². The van der Waals surface area contributed by atoms with Gasteiger partial charge in [0.25, 0.3) is 0 Å². The standard InChI is InChI=1S/C12H5Cl3F3N/c13-7-1-2-9(14)8(5-7)10-3-6(12(16,17)18)4-11(15)19-10/h1-5H. The minimum Gasteiger partial charge on any atom is -0.236 e. The molecule has 100 valence electrons. The van der Waals surface area contributed by atoms with Gasteiger partial charge in [-0.2, -0.15) is 13.2 Å². The Kier molecular flexibility index (Phi) is 3.95. The molecule has 0 spiro atoms. The molecule has 0 aliphatic heterocycles. The van der Waals surface area contributed by atoms with Crippen LogP contribution in [0, 0.1) is 0 Å². The maximum Gasteiger partial charge on any atom is 0.416 e. The van der Waals surface area contributed by atoms with Crippen LogP contribution in [0.3, 0.4) is 0 Å². The van der Waals surface area contributed by atoms with Gasteiger partial charge in [0.05, 0.1) is 16.3 Å². The Morgan fingerprint density at radius 1 is 0.947 bits per heavy atom. The molecule has 0 amide bonds. The predicted molar refractivity (Wildman–Crippen MR) is 69.7 cm³/mol. The van der Waals surface area contributed by atoms with Crippen LogP contribution in [0.5, 0.6) is 0 Å². The molecule has 1 heterocycles. The Labute approximate surface area is 121 Å². The van der Waals surface area contributed by atoms with Gasteiger partial charge in [-0.15, -0.1) is 0 Å². The van der Waals surface area contributed by atoms with E-state index in [-0.39, 0.29) is 15.9 Å². The van der Waals surface area contributed by atoms with E-state index in [0.717, 1.165) is 12.1 Å². The first-order valence-corrected chi connectivity index (χ1v) is 6.11. The average molecular weight is 327 g/mol. The van der Waals surface area contributed by atoms with Crippen molar-refractivity contribution in [1.29, 1.82) is 0 Å². The molecule has 2 rings (SSSR count). The van der Waals surface area contributed by atoms with Crippen LogP contribution in [0.15, 0.2) is 30.3 Å². The van der Waals surface area contributed by atoms with E-state index in [1.807, 2.05) is 0 Å². The molecule has 0 unspecified atom stereocenters. The summed E-state index contributed by atoms with van der Waals surface area (Å²) in [7, 11) is 0. The van der Waals surface area contributed by atoms with Crippen molar-refractivity contribution in [3.05, 3.63) is 51.1 Å². The smallest absolute Gasteiger partial charge is 0.236 e.